The van der Waals surface area contributed by atoms with Crippen LogP contribution in [0.2, 0.25) is 0 Å². The van der Waals surface area contributed by atoms with E-state index in [9.17, 15) is 50.6 Å². The molecule has 0 spiro atoms. The Bertz CT molecular complexity index is 2740. The summed E-state index contributed by atoms with van der Waals surface area (Å²) in [5, 5.41) is 18.7. The number of benzene rings is 2. The van der Waals surface area contributed by atoms with Crippen molar-refractivity contribution in [2.75, 3.05) is 45.3 Å². The van der Waals surface area contributed by atoms with E-state index in [1.54, 1.807) is 30.5 Å². The Hall–Kier alpha value is -7.10. The molecule has 2 fully saturated rings. The van der Waals surface area contributed by atoms with E-state index in [2.05, 4.69) is 58.7 Å². The summed E-state index contributed by atoms with van der Waals surface area (Å²) in [6.07, 6.45) is -10.4. The van der Waals surface area contributed by atoms with Crippen molar-refractivity contribution in [3.8, 4) is 23.1 Å². The number of aliphatic hydroxyl groups excluding tert-OH is 1. The summed E-state index contributed by atoms with van der Waals surface area (Å²) < 4.78 is 128. The molecule has 2 bridgehead atoms. The zero-order valence-electron chi connectivity index (χ0n) is 43.3. The number of methoxy groups -OCH3 is 2. The quantitative estimate of drug-likeness (QED) is 0.0389. The Morgan fingerprint density at radius 3 is 1.81 bits per heavy atom. The summed E-state index contributed by atoms with van der Waals surface area (Å²) in [5.74, 6) is 1.34. The maximum Gasteiger partial charge on any atom is 0.407 e. The second kappa shape index (κ2) is 24.5. The fourth-order valence-electron chi connectivity index (χ4n) is 9.19. The molecular weight excluding hydrogens is 1030 g/mol. The lowest BCUT2D eigenvalue weighted by Gasteiger charge is -2.41. The molecule has 2 aliphatic rings. The number of alkyl halides is 6. The highest BCUT2D eigenvalue weighted by molar-refractivity contribution is 5.87. The molecule has 4 heterocycles. The maximum absolute atomic E-state index is 16.0. The summed E-state index contributed by atoms with van der Waals surface area (Å²) in [5.41, 5.74) is -3.18. The molecule has 416 valence electrons. The molecular formula is C53H61F8N9O7. The normalized spacial score (nSPS) is 17.5. The Morgan fingerprint density at radius 1 is 0.766 bits per heavy atom. The van der Waals surface area contributed by atoms with Crippen molar-refractivity contribution in [1.82, 2.24) is 41.3 Å². The number of pyridine rings is 2. The van der Waals surface area contributed by atoms with E-state index < -0.39 is 108 Å². The molecule has 4 amide bonds. The molecule has 2 aromatic heterocycles. The van der Waals surface area contributed by atoms with Gasteiger partial charge in [0.25, 0.3) is 5.91 Å². The van der Waals surface area contributed by atoms with E-state index in [0.29, 0.717) is 61.5 Å². The smallest absolute Gasteiger partial charge is 0.407 e. The summed E-state index contributed by atoms with van der Waals surface area (Å²) >= 11 is 0. The van der Waals surface area contributed by atoms with Crippen LogP contribution in [0.1, 0.15) is 69.7 Å². The first-order chi connectivity index (χ1) is 36.2. The minimum atomic E-state index is -5.18. The number of amides is 4. The van der Waals surface area contributed by atoms with Gasteiger partial charge in [0, 0.05) is 72.9 Å². The van der Waals surface area contributed by atoms with Crippen LogP contribution in [0.4, 0.5) is 50.5 Å². The summed E-state index contributed by atoms with van der Waals surface area (Å²) in [7, 11) is 1.66. The van der Waals surface area contributed by atoms with Crippen molar-refractivity contribution in [2.24, 2.45) is 10.8 Å². The molecule has 2 saturated heterocycles. The number of piperazine rings is 1. The number of anilines is 1. The van der Waals surface area contributed by atoms with E-state index in [-0.39, 0.29) is 11.3 Å². The number of fused-ring (bicyclic) bond motifs is 2. The SMILES string of the molecule is CCN1C2CCC1CN(c1ccc(C#Cc3ccc(C[C@H](NC(=O)[C@@H](NC(=O)OC)C(C)(C)C(F)(F)F)[C@@H](O)CN(Cc4c(F)cc(-c5ccccn5)cc4F)NC(=O)[C@@H](NC(=O)OC)C(C)(C)C(F)(F)F)cc3)cn1)C2. The van der Waals surface area contributed by atoms with Gasteiger partial charge in [-0.25, -0.2) is 28.4 Å². The second-order valence-corrected chi connectivity index (χ2v) is 19.9. The second-order valence-electron chi connectivity index (χ2n) is 19.9. The van der Waals surface area contributed by atoms with Crippen LogP contribution in [-0.2, 0) is 32.0 Å². The van der Waals surface area contributed by atoms with Gasteiger partial charge in [0.05, 0.1) is 42.9 Å². The largest absolute Gasteiger partial charge is 0.453 e. The van der Waals surface area contributed by atoms with Crippen molar-refractivity contribution < 1.29 is 68.9 Å². The highest BCUT2D eigenvalue weighted by atomic mass is 19.4. The lowest BCUT2D eigenvalue weighted by molar-refractivity contribution is -0.221. The van der Waals surface area contributed by atoms with E-state index in [1.165, 1.54) is 24.4 Å². The van der Waals surface area contributed by atoms with E-state index in [4.69, 9.17) is 0 Å². The third-order valence-corrected chi connectivity index (χ3v) is 14.1. The molecule has 2 aliphatic heterocycles. The fraction of sp³-hybridized carbons (Fsp3) is 0.472. The first-order valence-electron chi connectivity index (χ1n) is 24.5. The predicted octanol–water partition coefficient (Wildman–Crippen LogP) is 7.04. The number of hydrogen-bond acceptors (Lipinski definition) is 12. The van der Waals surface area contributed by atoms with E-state index in [1.807, 2.05) is 22.8 Å². The van der Waals surface area contributed by atoms with Gasteiger partial charge in [0.15, 0.2) is 0 Å². The highest BCUT2D eigenvalue weighted by Gasteiger charge is 2.57. The maximum atomic E-state index is 16.0. The van der Waals surface area contributed by atoms with Crippen LogP contribution in [0.15, 0.2) is 79.1 Å². The number of likely N-dealkylation sites (N-methyl/N-ethyl adjacent to an activating group) is 1. The van der Waals surface area contributed by atoms with Crippen LogP contribution >= 0.6 is 0 Å². The first kappa shape index (κ1) is 59.1. The highest BCUT2D eigenvalue weighted by Crippen LogP contribution is 2.42. The van der Waals surface area contributed by atoms with Gasteiger partial charge in [0.2, 0.25) is 5.91 Å². The van der Waals surface area contributed by atoms with Crippen molar-refractivity contribution >= 4 is 29.8 Å². The Morgan fingerprint density at radius 2 is 1.31 bits per heavy atom. The molecule has 0 radical (unpaired) electrons. The van der Waals surface area contributed by atoms with Crippen LogP contribution in [0.25, 0.3) is 11.3 Å². The molecule has 0 saturated carbocycles. The Kier molecular flexibility index (Phi) is 18.8. The number of hydrazine groups is 1. The summed E-state index contributed by atoms with van der Waals surface area (Å²) in [6.45, 7) is 5.29. The van der Waals surface area contributed by atoms with Crippen LogP contribution in [0.5, 0.6) is 0 Å². The fourth-order valence-corrected chi connectivity index (χ4v) is 9.19. The monoisotopic (exact) mass is 1090 g/mol. The topological polar surface area (TPSA) is 191 Å². The number of halogens is 8. The molecule has 16 nitrogen and oxygen atoms in total. The number of aliphatic hydroxyl groups is 1. The number of ether oxygens (including phenoxy) is 2. The zero-order valence-corrected chi connectivity index (χ0v) is 43.3. The molecule has 77 heavy (non-hydrogen) atoms. The van der Waals surface area contributed by atoms with Crippen molar-refractivity contribution in [3.05, 3.63) is 113 Å². The van der Waals surface area contributed by atoms with E-state index >= 15 is 8.78 Å². The number of nitrogens with one attached hydrogen (secondary N) is 4. The number of carbonyl (C=O) groups is 4. The molecule has 6 atom stereocenters. The Balaban J connectivity index is 1.33. The molecule has 2 unspecified atom stereocenters. The standard InChI is InChI=1S/C53H61F8N9O7/c1-8-70-35-19-20-36(70)28-68(27-35)43-21-18-33(26-63-43)17-14-31-12-15-32(16-13-31)23-41(64-46(72)44(65-48(74)76-6)50(2,3)52(56,57)58)42(71)30-69(67-47(73)45(66-49(75)77-7)51(4,5)53(59,60)61)29-37-38(54)24-34(25-39(37)55)40-11-9-10-22-62-40/h9-13,15-16,18,21-22,24-26,35-36,41-42,44-45,71H,8,19-20,23,27-30H2,1-7H3,(H,64,72)(H,65,74)(H,66,75)(H,67,73)/t35?,36?,41-,42-,44+,45+/m0/s1. The van der Waals surface area contributed by atoms with E-state index in [0.717, 1.165) is 64.6 Å². The minimum absolute atomic E-state index is 0.0278. The average Bonchev–Trinajstić information content (AvgIpc) is 3.64. The average molecular weight is 1090 g/mol. The summed E-state index contributed by atoms with van der Waals surface area (Å²) in [4.78, 5) is 66.4. The van der Waals surface area contributed by atoms with Gasteiger partial charge in [-0.2, -0.15) is 26.3 Å². The molecule has 0 aliphatic carbocycles. The van der Waals surface area contributed by atoms with Crippen LogP contribution < -0.4 is 26.3 Å². The zero-order chi connectivity index (χ0) is 56.6. The number of aromatic nitrogens is 2. The van der Waals surface area contributed by atoms with Crippen LogP contribution in [-0.4, -0.2) is 138 Å². The van der Waals surface area contributed by atoms with Gasteiger partial charge in [-0.3, -0.25) is 24.9 Å². The third kappa shape index (κ3) is 14.3. The number of alkyl carbamates (subject to hydrolysis) is 2. The van der Waals surface area contributed by atoms with Crippen molar-refractivity contribution in [1.29, 1.82) is 0 Å². The van der Waals surface area contributed by atoms with Crippen molar-refractivity contribution in [2.45, 2.75) is 109 Å². The van der Waals surface area contributed by atoms with Crippen molar-refractivity contribution in [3.63, 3.8) is 0 Å². The molecule has 5 N–H and O–H groups in total. The number of hydrogen-bond donors (Lipinski definition) is 5. The molecule has 4 aromatic rings. The number of nitrogens with zero attached hydrogens (tertiary/aromatic N) is 5. The van der Waals surface area contributed by atoms with Gasteiger partial charge in [-0.15, -0.1) is 0 Å². The molecule has 2 aromatic carbocycles. The first-order valence-corrected chi connectivity index (χ1v) is 24.5. The Labute approximate surface area is 440 Å². The third-order valence-electron chi connectivity index (χ3n) is 14.1. The summed E-state index contributed by atoms with van der Waals surface area (Å²) in [6, 6.07) is 10.7. The van der Waals surface area contributed by atoms with Gasteiger partial charge < -0.3 is 35.4 Å². The number of rotatable bonds is 18. The predicted molar refractivity (Wildman–Crippen MR) is 266 cm³/mol. The van der Waals surface area contributed by atoms with Gasteiger partial charge in [-0.05, 0) is 108 Å². The van der Waals surface area contributed by atoms with Gasteiger partial charge in [-0.1, -0.05) is 37.0 Å². The van der Waals surface area contributed by atoms with Gasteiger partial charge >= 0.3 is 24.5 Å². The lowest BCUT2D eigenvalue weighted by atomic mass is 9.82. The van der Waals surface area contributed by atoms with Gasteiger partial charge in [0.1, 0.15) is 29.5 Å². The molecule has 24 heteroatoms. The lowest BCUT2D eigenvalue weighted by Crippen LogP contribution is -2.63. The minimum Gasteiger partial charge on any atom is -0.453 e. The number of carbonyl (C=O) groups excluding carboxylic acids is 4. The van der Waals surface area contributed by atoms with Crippen LogP contribution in [0, 0.1) is 34.3 Å². The molecule has 6 rings (SSSR count). The van der Waals surface area contributed by atoms with Crippen LogP contribution in [0.3, 0.4) is 0 Å².